The molecule has 3 rings (SSSR count). The molecule has 0 bridgehead atoms. The molecule has 0 spiro atoms. The topological polar surface area (TPSA) is 44.4 Å². The first-order valence-corrected chi connectivity index (χ1v) is 10.3. The maximum atomic E-state index is 13.5. The Morgan fingerprint density at radius 2 is 1.61 bits per heavy atom. The van der Waals surface area contributed by atoms with Crippen molar-refractivity contribution in [2.24, 2.45) is 0 Å². The van der Waals surface area contributed by atoms with Crippen molar-refractivity contribution in [2.45, 2.75) is 58.7 Å². The van der Waals surface area contributed by atoms with Crippen LogP contribution < -0.4 is 10.6 Å². The number of benzene rings is 2. The minimum Gasteiger partial charge on any atom is -0.324 e. The Kier molecular flexibility index (Phi) is 6.53. The maximum Gasteiger partial charge on any atom is 0.244 e. The second-order valence-electron chi connectivity index (χ2n) is 8.27. The summed E-state index contributed by atoms with van der Waals surface area (Å²) in [6.07, 6.45) is 1.63. The van der Waals surface area contributed by atoms with Crippen LogP contribution >= 0.6 is 0 Å². The van der Waals surface area contributed by atoms with Gasteiger partial charge in [0.15, 0.2) is 0 Å². The molecule has 4 nitrogen and oxygen atoms in total. The number of piperidine rings is 1. The van der Waals surface area contributed by atoms with E-state index in [9.17, 15) is 4.79 Å². The molecular formula is C24H33N3O. The summed E-state index contributed by atoms with van der Waals surface area (Å²) < 4.78 is 0. The molecule has 0 atom stereocenters. The van der Waals surface area contributed by atoms with Crippen LogP contribution in [-0.4, -0.2) is 35.5 Å². The highest BCUT2D eigenvalue weighted by Crippen LogP contribution is 2.28. The van der Waals surface area contributed by atoms with Gasteiger partial charge in [-0.3, -0.25) is 10.1 Å². The summed E-state index contributed by atoms with van der Waals surface area (Å²) in [5, 5.41) is 6.88. The molecule has 0 unspecified atom stereocenters. The average molecular weight is 380 g/mol. The van der Waals surface area contributed by atoms with Gasteiger partial charge >= 0.3 is 0 Å². The lowest BCUT2D eigenvalue weighted by Gasteiger charge is -2.43. The molecule has 0 aromatic heterocycles. The first-order chi connectivity index (χ1) is 13.4. The van der Waals surface area contributed by atoms with Crippen LogP contribution in [0.4, 0.5) is 5.69 Å². The maximum absolute atomic E-state index is 13.5. The summed E-state index contributed by atoms with van der Waals surface area (Å²) in [5.41, 5.74) is 3.81. The Morgan fingerprint density at radius 1 is 1.00 bits per heavy atom. The van der Waals surface area contributed by atoms with Crippen LogP contribution in [0.1, 0.15) is 43.4 Å². The van der Waals surface area contributed by atoms with Crippen LogP contribution in [0, 0.1) is 13.8 Å². The molecule has 4 heteroatoms. The van der Waals surface area contributed by atoms with Gasteiger partial charge in [-0.1, -0.05) is 48.5 Å². The number of nitrogens with zero attached hydrogens (tertiary/aromatic N) is 1. The van der Waals surface area contributed by atoms with Crippen molar-refractivity contribution in [3.8, 4) is 0 Å². The lowest BCUT2D eigenvalue weighted by molar-refractivity contribution is -0.124. The van der Waals surface area contributed by atoms with Crippen LogP contribution in [0.25, 0.3) is 0 Å². The molecule has 2 N–H and O–H groups in total. The van der Waals surface area contributed by atoms with Gasteiger partial charge in [-0.05, 0) is 57.2 Å². The van der Waals surface area contributed by atoms with Gasteiger partial charge in [0.1, 0.15) is 5.54 Å². The zero-order valence-electron chi connectivity index (χ0n) is 17.6. The Hall–Kier alpha value is -2.17. The number of hydrogen-bond donors (Lipinski definition) is 2. The van der Waals surface area contributed by atoms with Gasteiger partial charge in [0.2, 0.25) is 5.91 Å². The Bertz CT molecular complexity index is 773. The number of para-hydroxylation sites is 1. The third-order valence-electron chi connectivity index (χ3n) is 6.01. The lowest BCUT2D eigenvalue weighted by atomic mass is 9.85. The van der Waals surface area contributed by atoms with Gasteiger partial charge in [0.25, 0.3) is 0 Å². The number of amides is 1. The Morgan fingerprint density at radius 3 is 2.18 bits per heavy atom. The fraction of sp³-hybridized carbons (Fsp3) is 0.458. The van der Waals surface area contributed by atoms with E-state index in [1.807, 2.05) is 50.2 Å². The summed E-state index contributed by atoms with van der Waals surface area (Å²) in [6, 6.07) is 17.0. The number of nitrogens with one attached hydrogen (secondary N) is 2. The fourth-order valence-corrected chi connectivity index (χ4v) is 4.02. The third-order valence-corrected chi connectivity index (χ3v) is 6.01. The number of carbonyl (C=O) groups is 1. The molecule has 2 aromatic rings. The van der Waals surface area contributed by atoms with Gasteiger partial charge in [-0.15, -0.1) is 0 Å². The van der Waals surface area contributed by atoms with Gasteiger partial charge < -0.3 is 10.2 Å². The highest BCUT2D eigenvalue weighted by molar-refractivity contribution is 5.99. The van der Waals surface area contributed by atoms with Crippen molar-refractivity contribution in [1.82, 2.24) is 10.2 Å². The van der Waals surface area contributed by atoms with Gasteiger partial charge in [-0.25, -0.2) is 0 Å². The zero-order chi connectivity index (χ0) is 20.1. The molecule has 0 radical (unpaired) electrons. The summed E-state index contributed by atoms with van der Waals surface area (Å²) in [4.78, 5) is 16.0. The van der Waals surface area contributed by atoms with Crippen molar-refractivity contribution >= 4 is 11.6 Å². The number of hydrogen-bond acceptors (Lipinski definition) is 3. The minimum atomic E-state index is -0.546. The summed E-state index contributed by atoms with van der Waals surface area (Å²) in [5.74, 6) is 0.0873. The number of likely N-dealkylation sites (tertiary alicyclic amines) is 1. The lowest BCUT2D eigenvalue weighted by Crippen LogP contribution is -2.60. The summed E-state index contributed by atoms with van der Waals surface area (Å²) in [6.45, 7) is 11.1. The van der Waals surface area contributed by atoms with E-state index in [4.69, 9.17) is 0 Å². The Labute approximate surface area is 169 Å². The van der Waals surface area contributed by atoms with Crippen molar-refractivity contribution < 1.29 is 4.79 Å². The van der Waals surface area contributed by atoms with Crippen molar-refractivity contribution in [3.63, 3.8) is 0 Å². The molecule has 1 aliphatic rings. The van der Waals surface area contributed by atoms with Crippen molar-refractivity contribution in [2.75, 3.05) is 18.4 Å². The molecule has 1 aliphatic heterocycles. The van der Waals surface area contributed by atoms with E-state index in [1.165, 1.54) is 5.56 Å². The van der Waals surface area contributed by atoms with E-state index in [1.54, 1.807) is 0 Å². The molecule has 2 aromatic carbocycles. The predicted molar refractivity (Wildman–Crippen MR) is 117 cm³/mol. The second-order valence-corrected chi connectivity index (χ2v) is 8.27. The molecule has 1 heterocycles. The standard InChI is InChI=1S/C24H33N3O/c1-18(2)27-15-13-24(14-16-27,25-17-21-11-6-5-7-12-21)23(28)26-22-19(3)9-8-10-20(22)4/h5-12,18,25H,13-17H2,1-4H3,(H,26,28). The molecule has 1 saturated heterocycles. The monoisotopic (exact) mass is 379 g/mol. The van der Waals surface area contributed by atoms with Crippen molar-refractivity contribution in [3.05, 3.63) is 65.2 Å². The van der Waals surface area contributed by atoms with Crippen LogP contribution in [0.3, 0.4) is 0 Å². The first kappa shape index (κ1) is 20.6. The molecule has 1 amide bonds. The molecule has 0 saturated carbocycles. The van der Waals surface area contributed by atoms with Crippen LogP contribution in [-0.2, 0) is 11.3 Å². The number of anilines is 1. The van der Waals surface area contributed by atoms with E-state index in [2.05, 4.69) is 41.5 Å². The smallest absolute Gasteiger partial charge is 0.244 e. The first-order valence-electron chi connectivity index (χ1n) is 10.3. The summed E-state index contributed by atoms with van der Waals surface area (Å²) in [7, 11) is 0. The van der Waals surface area contributed by atoms with Crippen LogP contribution in [0.5, 0.6) is 0 Å². The van der Waals surface area contributed by atoms with E-state index in [0.29, 0.717) is 12.6 Å². The minimum absolute atomic E-state index is 0.0873. The highest BCUT2D eigenvalue weighted by atomic mass is 16.2. The third kappa shape index (κ3) is 4.62. The number of rotatable bonds is 6. The molecular weight excluding hydrogens is 346 g/mol. The van der Waals surface area contributed by atoms with Crippen LogP contribution in [0.15, 0.2) is 48.5 Å². The summed E-state index contributed by atoms with van der Waals surface area (Å²) >= 11 is 0. The SMILES string of the molecule is Cc1cccc(C)c1NC(=O)C1(NCc2ccccc2)CCN(C(C)C)CC1. The van der Waals surface area contributed by atoms with Gasteiger partial charge in [0, 0.05) is 31.4 Å². The average Bonchev–Trinajstić information content (AvgIpc) is 2.70. The van der Waals surface area contributed by atoms with E-state index in [0.717, 1.165) is 42.7 Å². The van der Waals surface area contributed by atoms with Gasteiger partial charge in [0.05, 0.1) is 0 Å². The van der Waals surface area contributed by atoms with E-state index >= 15 is 0 Å². The van der Waals surface area contributed by atoms with Crippen LogP contribution in [0.2, 0.25) is 0 Å². The number of aryl methyl sites for hydroxylation is 2. The van der Waals surface area contributed by atoms with Gasteiger partial charge in [-0.2, -0.15) is 0 Å². The second kappa shape index (κ2) is 8.89. The van der Waals surface area contributed by atoms with Crippen molar-refractivity contribution in [1.29, 1.82) is 0 Å². The van der Waals surface area contributed by atoms with E-state index in [-0.39, 0.29) is 5.91 Å². The fourth-order valence-electron chi connectivity index (χ4n) is 4.02. The highest BCUT2D eigenvalue weighted by Gasteiger charge is 2.41. The largest absolute Gasteiger partial charge is 0.324 e. The quantitative estimate of drug-likeness (QED) is 0.788. The Balaban J connectivity index is 1.80. The normalized spacial score (nSPS) is 16.9. The zero-order valence-corrected chi connectivity index (χ0v) is 17.6. The predicted octanol–water partition coefficient (Wildman–Crippen LogP) is 4.27. The molecule has 28 heavy (non-hydrogen) atoms. The molecule has 0 aliphatic carbocycles. The molecule has 150 valence electrons. The van der Waals surface area contributed by atoms with E-state index < -0.39 is 5.54 Å². The molecule has 1 fully saturated rings. The number of carbonyl (C=O) groups excluding carboxylic acids is 1.